The molecule has 0 radical (unpaired) electrons. The second kappa shape index (κ2) is 6.39. The molecule has 0 atom stereocenters. The lowest BCUT2D eigenvalue weighted by Gasteiger charge is -2.21. The second-order valence-corrected chi connectivity index (χ2v) is 11.7. The van der Waals surface area contributed by atoms with Gasteiger partial charge in [-0.3, -0.25) is 0 Å². The topological polar surface area (TPSA) is 9.23 Å². The summed E-state index contributed by atoms with van der Waals surface area (Å²) in [4.78, 5) is 0. The lowest BCUT2D eigenvalue weighted by Crippen LogP contribution is -2.29. The zero-order valence-corrected chi connectivity index (χ0v) is 15.8. The first-order chi connectivity index (χ1) is 9.67. The van der Waals surface area contributed by atoms with Gasteiger partial charge in [0.05, 0.1) is 10.0 Å². The standard InChI is InChI=1S/C15H14Cl4OSi/c1-21(2,3)20-15-8-13(18)11(7-14(15)19)10-6-9(16)4-5-12(10)17/h4-8H,1-3H3. The van der Waals surface area contributed by atoms with Crippen molar-refractivity contribution in [2.24, 2.45) is 0 Å². The summed E-state index contributed by atoms with van der Waals surface area (Å²) in [5.74, 6) is 0.600. The summed E-state index contributed by atoms with van der Waals surface area (Å²) in [7, 11) is -1.76. The third-order valence-electron chi connectivity index (χ3n) is 2.66. The maximum absolute atomic E-state index is 6.36. The Hall–Kier alpha value is -0.383. The van der Waals surface area contributed by atoms with Crippen molar-refractivity contribution >= 4 is 54.7 Å². The van der Waals surface area contributed by atoms with Gasteiger partial charge >= 0.3 is 0 Å². The van der Waals surface area contributed by atoms with Gasteiger partial charge in [0.25, 0.3) is 0 Å². The van der Waals surface area contributed by atoms with Crippen LogP contribution < -0.4 is 4.43 Å². The number of halogens is 4. The van der Waals surface area contributed by atoms with E-state index in [1.807, 2.05) is 0 Å². The van der Waals surface area contributed by atoms with Crippen LogP contribution in [-0.2, 0) is 0 Å². The van der Waals surface area contributed by atoms with Crippen LogP contribution in [0.25, 0.3) is 11.1 Å². The van der Waals surface area contributed by atoms with E-state index >= 15 is 0 Å². The summed E-state index contributed by atoms with van der Waals surface area (Å²) in [5, 5.41) is 2.19. The maximum Gasteiger partial charge on any atom is 0.242 e. The zero-order valence-electron chi connectivity index (χ0n) is 11.8. The van der Waals surface area contributed by atoms with E-state index in [4.69, 9.17) is 50.8 Å². The molecule has 6 heteroatoms. The summed E-state index contributed by atoms with van der Waals surface area (Å²) >= 11 is 24.9. The van der Waals surface area contributed by atoms with Crippen molar-refractivity contribution in [3.05, 3.63) is 50.4 Å². The van der Waals surface area contributed by atoms with Gasteiger partial charge in [-0.25, -0.2) is 0 Å². The lowest BCUT2D eigenvalue weighted by atomic mass is 10.1. The molecule has 0 unspecified atom stereocenters. The Labute approximate surface area is 145 Å². The minimum atomic E-state index is -1.76. The third-order valence-corrected chi connectivity index (χ3v) is 4.66. The molecule has 0 saturated heterocycles. The summed E-state index contributed by atoms with van der Waals surface area (Å²) in [6.45, 7) is 6.25. The molecule has 0 heterocycles. The van der Waals surface area contributed by atoms with E-state index in [1.165, 1.54) is 0 Å². The lowest BCUT2D eigenvalue weighted by molar-refractivity contribution is 0.558. The Morgan fingerprint density at radius 1 is 0.762 bits per heavy atom. The summed E-state index contributed by atoms with van der Waals surface area (Å²) in [6, 6.07) is 8.72. The Bertz CT molecular complexity index is 680. The van der Waals surface area contributed by atoms with Crippen molar-refractivity contribution in [1.82, 2.24) is 0 Å². The molecule has 0 bridgehead atoms. The molecule has 0 fully saturated rings. The van der Waals surface area contributed by atoms with Gasteiger partial charge < -0.3 is 4.43 Å². The van der Waals surface area contributed by atoms with Crippen LogP contribution in [0.3, 0.4) is 0 Å². The number of hydrogen-bond donors (Lipinski definition) is 0. The van der Waals surface area contributed by atoms with Crippen LogP contribution in [0.4, 0.5) is 0 Å². The first-order valence-corrected chi connectivity index (χ1v) is 11.2. The highest BCUT2D eigenvalue weighted by molar-refractivity contribution is 6.70. The fourth-order valence-electron chi connectivity index (χ4n) is 1.85. The van der Waals surface area contributed by atoms with Crippen LogP contribution >= 0.6 is 46.4 Å². The molecule has 112 valence electrons. The largest absolute Gasteiger partial charge is 0.543 e. The van der Waals surface area contributed by atoms with Gasteiger partial charge in [0.15, 0.2) is 0 Å². The Morgan fingerprint density at radius 3 is 2.00 bits per heavy atom. The van der Waals surface area contributed by atoms with E-state index in [0.717, 1.165) is 11.1 Å². The van der Waals surface area contributed by atoms with Crippen LogP contribution in [0.15, 0.2) is 30.3 Å². The second-order valence-electron chi connectivity index (χ2n) is 5.60. The van der Waals surface area contributed by atoms with E-state index in [9.17, 15) is 0 Å². The monoisotopic (exact) mass is 378 g/mol. The smallest absolute Gasteiger partial charge is 0.242 e. The van der Waals surface area contributed by atoms with Crippen molar-refractivity contribution in [2.75, 3.05) is 0 Å². The Kier molecular flexibility index (Phi) is 5.17. The van der Waals surface area contributed by atoms with Crippen LogP contribution in [0, 0.1) is 0 Å². The molecule has 0 saturated carbocycles. The van der Waals surface area contributed by atoms with Crippen molar-refractivity contribution in [3.8, 4) is 16.9 Å². The van der Waals surface area contributed by atoms with Crippen molar-refractivity contribution in [1.29, 1.82) is 0 Å². The maximum atomic E-state index is 6.36. The number of hydrogen-bond acceptors (Lipinski definition) is 1. The Morgan fingerprint density at radius 2 is 1.38 bits per heavy atom. The molecule has 0 N–H and O–H groups in total. The molecule has 0 aliphatic heterocycles. The quantitative estimate of drug-likeness (QED) is 0.513. The molecule has 1 nitrogen and oxygen atoms in total. The van der Waals surface area contributed by atoms with Crippen molar-refractivity contribution in [2.45, 2.75) is 19.6 Å². The van der Waals surface area contributed by atoms with E-state index in [2.05, 4.69) is 19.6 Å². The molecule has 2 rings (SSSR count). The molecular formula is C15H14Cl4OSi. The fraction of sp³-hybridized carbons (Fsp3) is 0.200. The predicted molar refractivity (Wildman–Crippen MR) is 95.9 cm³/mol. The molecule has 0 aliphatic carbocycles. The Balaban J connectivity index is 2.52. The van der Waals surface area contributed by atoms with E-state index in [-0.39, 0.29) is 0 Å². The first kappa shape index (κ1) is 17.0. The predicted octanol–water partition coefficient (Wildman–Crippen LogP) is 7.18. The van der Waals surface area contributed by atoms with Gasteiger partial charge in [-0.1, -0.05) is 46.4 Å². The SMILES string of the molecule is C[Si](C)(C)Oc1cc(Cl)c(-c2cc(Cl)ccc2Cl)cc1Cl. The molecule has 2 aromatic rings. The van der Waals surface area contributed by atoms with E-state index in [0.29, 0.717) is 25.8 Å². The van der Waals surface area contributed by atoms with Crippen LogP contribution in [0.2, 0.25) is 39.7 Å². The molecule has 2 aromatic carbocycles. The fourth-order valence-corrected chi connectivity index (χ4v) is 3.59. The van der Waals surface area contributed by atoms with Crippen LogP contribution in [0.1, 0.15) is 0 Å². The molecule has 0 aromatic heterocycles. The normalized spacial score (nSPS) is 11.6. The minimum absolute atomic E-state index is 0.507. The minimum Gasteiger partial charge on any atom is -0.543 e. The van der Waals surface area contributed by atoms with Crippen molar-refractivity contribution < 1.29 is 4.43 Å². The van der Waals surface area contributed by atoms with Crippen LogP contribution in [-0.4, -0.2) is 8.32 Å². The third kappa shape index (κ3) is 4.30. The number of benzene rings is 2. The average Bonchev–Trinajstić information content (AvgIpc) is 2.35. The van der Waals surface area contributed by atoms with Crippen LogP contribution in [0.5, 0.6) is 5.75 Å². The molecule has 0 amide bonds. The summed E-state index contributed by atoms with van der Waals surface area (Å²) in [5.41, 5.74) is 1.48. The van der Waals surface area contributed by atoms with Gasteiger partial charge in [0.2, 0.25) is 8.32 Å². The first-order valence-electron chi connectivity index (χ1n) is 6.31. The van der Waals surface area contributed by atoms with Crippen molar-refractivity contribution in [3.63, 3.8) is 0 Å². The molecule has 0 spiro atoms. The molecular weight excluding hydrogens is 366 g/mol. The van der Waals surface area contributed by atoms with E-state index in [1.54, 1.807) is 30.3 Å². The average molecular weight is 380 g/mol. The van der Waals surface area contributed by atoms with Gasteiger partial charge in [-0.05, 0) is 50.0 Å². The van der Waals surface area contributed by atoms with E-state index < -0.39 is 8.32 Å². The number of rotatable bonds is 3. The molecule has 21 heavy (non-hydrogen) atoms. The highest BCUT2D eigenvalue weighted by Crippen LogP contribution is 2.40. The van der Waals surface area contributed by atoms with Gasteiger partial charge in [-0.15, -0.1) is 0 Å². The summed E-state index contributed by atoms with van der Waals surface area (Å²) in [6.07, 6.45) is 0. The summed E-state index contributed by atoms with van der Waals surface area (Å²) < 4.78 is 5.92. The zero-order chi connectivity index (χ0) is 15.8. The molecule has 0 aliphatic rings. The van der Waals surface area contributed by atoms with Gasteiger partial charge in [0.1, 0.15) is 5.75 Å². The van der Waals surface area contributed by atoms with Gasteiger partial charge in [-0.2, -0.15) is 0 Å². The highest BCUT2D eigenvalue weighted by atomic mass is 35.5. The highest BCUT2D eigenvalue weighted by Gasteiger charge is 2.20. The van der Waals surface area contributed by atoms with Gasteiger partial charge in [0, 0.05) is 21.2 Å².